The second-order valence-electron chi connectivity index (χ2n) is 8.95. The molecule has 2 aliphatic heterocycles. The monoisotopic (exact) mass is 427 g/mol. The number of amides is 2. The summed E-state index contributed by atoms with van der Waals surface area (Å²) in [5.41, 5.74) is -1.28. The van der Waals surface area contributed by atoms with Gasteiger partial charge in [0.15, 0.2) is 11.4 Å². The predicted octanol–water partition coefficient (Wildman–Crippen LogP) is 1.62. The normalized spacial score (nSPS) is 29.4. The van der Waals surface area contributed by atoms with Crippen LogP contribution in [0.4, 0.5) is 8.78 Å². The Hall–Kier alpha value is -3.23. The Labute approximate surface area is 175 Å². The molecular formula is C22H19F2N3O4. The number of hydrogen-bond donors (Lipinski definition) is 2. The standard InChI is InChI=1S/C22H19F2N3O4/c23-10-2-1-9(15(24)3-10)6-25-21(30)14-7-26-8-17-13-5-16(12-4-11(12)13)27(17)22(31)18(26)20(29)19(14)28/h1-3,7,11-13,16-17,29H,4-6,8H2,(H,25,30)/t11-,12+,13-,16+,17-/m1/s1. The zero-order valence-corrected chi connectivity index (χ0v) is 16.3. The van der Waals surface area contributed by atoms with Crippen LogP contribution >= 0.6 is 0 Å². The van der Waals surface area contributed by atoms with Gasteiger partial charge in [0, 0.05) is 37.0 Å². The van der Waals surface area contributed by atoms with Crippen molar-refractivity contribution in [2.45, 2.75) is 38.0 Å². The summed E-state index contributed by atoms with van der Waals surface area (Å²) in [7, 11) is 0. The van der Waals surface area contributed by atoms with Crippen LogP contribution in [0.25, 0.3) is 0 Å². The molecule has 6 rings (SSSR count). The first kappa shape index (κ1) is 18.5. The summed E-state index contributed by atoms with van der Waals surface area (Å²) in [5.74, 6) is -1.82. The van der Waals surface area contributed by atoms with Crippen LogP contribution in [0.2, 0.25) is 0 Å². The van der Waals surface area contributed by atoms with Crippen molar-refractivity contribution in [3.8, 4) is 5.75 Å². The van der Waals surface area contributed by atoms with E-state index in [0.717, 1.165) is 18.9 Å². The molecule has 9 heteroatoms. The van der Waals surface area contributed by atoms with Crippen LogP contribution in [-0.2, 0) is 13.1 Å². The SMILES string of the molecule is O=C(NCc1ccc(F)cc1F)c1cn2c(c(O)c1=O)C(=O)N1[C@H](C2)[C@@H]2C[C@H]1[C@H]1C[C@@H]21. The molecule has 4 aliphatic rings. The van der Waals surface area contributed by atoms with Crippen molar-refractivity contribution in [1.82, 2.24) is 14.8 Å². The van der Waals surface area contributed by atoms with Gasteiger partial charge in [-0.25, -0.2) is 8.78 Å². The van der Waals surface area contributed by atoms with Crippen molar-refractivity contribution >= 4 is 11.8 Å². The van der Waals surface area contributed by atoms with E-state index < -0.39 is 28.7 Å². The van der Waals surface area contributed by atoms with Gasteiger partial charge in [0.05, 0.1) is 6.04 Å². The van der Waals surface area contributed by atoms with Gasteiger partial charge in [-0.15, -0.1) is 0 Å². The smallest absolute Gasteiger partial charge is 0.275 e. The number of pyridine rings is 1. The van der Waals surface area contributed by atoms with E-state index in [4.69, 9.17) is 0 Å². The van der Waals surface area contributed by atoms with Crippen LogP contribution < -0.4 is 10.7 Å². The Bertz CT molecular complexity index is 1230. The zero-order valence-electron chi connectivity index (χ0n) is 16.3. The molecule has 31 heavy (non-hydrogen) atoms. The highest BCUT2D eigenvalue weighted by Crippen LogP contribution is 2.64. The van der Waals surface area contributed by atoms with E-state index in [0.29, 0.717) is 30.4 Å². The fraction of sp³-hybridized carbons (Fsp3) is 0.409. The molecule has 160 valence electrons. The first-order valence-corrected chi connectivity index (χ1v) is 10.4. The number of hydrogen-bond acceptors (Lipinski definition) is 4. The van der Waals surface area contributed by atoms with Crippen molar-refractivity contribution in [2.24, 2.45) is 17.8 Å². The summed E-state index contributed by atoms with van der Waals surface area (Å²) in [5, 5.41) is 12.9. The molecule has 3 fully saturated rings. The second-order valence-corrected chi connectivity index (χ2v) is 8.95. The van der Waals surface area contributed by atoms with Crippen LogP contribution in [0, 0.1) is 29.4 Å². The topological polar surface area (TPSA) is 91.6 Å². The van der Waals surface area contributed by atoms with Gasteiger partial charge in [0.25, 0.3) is 11.8 Å². The molecule has 2 saturated carbocycles. The van der Waals surface area contributed by atoms with Crippen LogP contribution in [0.15, 0.2) is 29.2 Å². The molecule has 1 saturated heterocycles. The summed E-state index contributed by atoms with van der Waals surface area (Å²) in [6, 6.07) is 3.18. The van der Waals surface area contributed by atoms with Crippen LogP contribution in [0.1, 0.15) is 39.3 Å². The largest absolute Gasteiger partial charge is 0.503 e. The van der Waals surface area contributed by atoms with E-state index in [1.54, 1.807) is 0 Å². The van der Waals surface area contributed by atoms with E-state index >= 15 is 0 Å². The Kier molecular flexibility index (Phi) is 3.68. The zero-order chi connectivity index (χ0) is 21.6. The van der Waals surface area contributed by atoms with E-state index in [2.05, 4.69) is 5.32 Å². The number of halogens is 2. The number of fused-ring (bicyclic) bond motifs is 9. The lowest BCUT2D eigenvalue weighted by atomic mass is 9.94. The van der Waals surface area contributed by atoms with Crippen molar-refractivity contribution in [1.29, 1.82) is 0 Å². The number of aromatic nitrogens is 1. The molecule has 5 atom stereocenters. The van der Waals surface area contributed by atoms with Crippen molar-refractivity contribution in [3.63, 3.8) is 0 Å². The van der Waals surface area contributed by atoms with E-state index in [1.165, 1.54) is 16.8 Å². The highest BCUT2D eigenvalue weighted by molar-refractivity contribution is 5.99. The molecular weight excluding hydrogens is 408 g/mol. The molecule has 7 nitrogen and oxygen atoms in total. The number of carbonyl (C=O) groups excluding carboxylic acids is 2. The maximum Gasteiger partial charge on any atom is 0.275 e. The molecule has 2 N–H and O–H groups in total. The Balaban J connectivity index is 1.30. The predicted molar refractivity (Wildman–Crippen MR) is 103 cm³/mol. The maximum absolute atomic E-state index is 13.8. The first-order chi connectivity index (χ1) is 14.8. The van der Waals surface area contributed by atoms with Crippen LogP contribution in [0.5, 0.6) is 5.75 Å². The number of nitrogens with zero attached hydrogens (tertiary/aromatic N) is 2. The Morgan fingerprint density at radius 1 is 1.13 bits per heavy atom. The lowest BCUT2D eigenvalue weighted by molar-refractivity contribution is 0.0465. The van der Waals surface area contributed by atoms with Crippen LogP contribution in [-0.4, -0.2) is 38.5 Å². The lowest BCUT2D eigenvalue weighted by Gasteiger charge is -2.40. The maximum atomic E-state index is 13.8. The summed E-state index contributed by atoms with van der Waals surface area (Å²) < 4.78 is 28.4. The molecule has 0 spiro atoms. The minimum Gasteiger partial charge on any atom is -0.503 e. The molecule has 1 aromatic carbocycles. The summed E-state index contributed by atoms with van der Waals surface area (Å²) in [6.07, 6.45) is 3.39. The average Bonchev–Trinajstić information content (AvgIpc) is 3.34. The van der Waals surface area contributed by atoms with Gasteiger partial charge in [-0.2, -0.15) is 0 Å². The van der Waals surface area contributed by atoms with Gasteiger partial charge in [-0.3, -0.25) is 14.4 Å². The van der Waals surface area contributed by atoms with Gasteiger partial charge >= 0.3 is 0 Å². The van der Waals surface area contributed by atoms with E-state index in [-0.39, 0.29) is 41.4 Å². The summed E-state index contributed by atoms with van der Waals surface area (Å²) >= 11 is 0. The number of nitrogens with one attached hydrogen (secondary N) is 1. The molecule has 2 bridgehead atoms. The lowest BCUT2D eigenvalue weighted by Crippen LogP contribution is -2.53. The van der Waals surface area contributed by atoms with E-state index in [1.807, 2.05) is 4.90 Å². The van der Waals surface area contributed by atoms with Crippen LogP contribution in [0.3, 0.4) is 0 Å². The minimum atomic E-state index is -0.941. The first-order valence-electron chi connectivity index (χ1n) is 10.4. The minimum absolute atomic E-state index is 0.0138. The molecule has 0 radical (unpaired) electrons. The number of benzene rings is 1. The molecule has 2 aliphatic carbocycles. The Morgan fingerprint density at radius 2 is 1.90 bits per heavy atom. The average molecular weight is 427 g/mol. The van der Waals surface area contributed by atoms with Crippen molar-refractivity contribution in [2.75, 3.05) is 0 Å². The summed E-state index contributed by atoms with van der Waals surface area (Å²) in [4.78, 5) is 40.2. The van der Waals surface area contributed by atoms with E-state index in [9.17, 15) is 28.3 Å². The number of piperidine rings is 1. The van der Waals surface area contributed by atoms with Gasteiger partial charge in [-0.1, -0.05) is 6.07 Å². The summed E-state index contributed by atoms with van der Waals surface area (Å²) in [6.45, 7) is 0.168. The molecule has 2 amide bonds. The van der Waals surface area contributed by atoms with Gasteiger partial charge in [-0.05, 0) is 36.7 Å². The second kappa shape index (κ2) is 6.15. The van der Waals surface area contributed by atoms with Gasteiger partial charge < -0.3 is 19.9 Å². The van der Waals surface area contributed by atoms with Crippen molar-refractivity contribution in [3.05, 3.63) is 63.1 Å². The third kappa shape index (κ3) is 2.52. The molecule has 1 aromatic heterocycles. The highest BCUT2D eigenvalue weighted by Gasteiger charge is 2.66. The number of rotatable bonds is 3. The number of carbonyl (C=O) groups is 2. The van der Waals surface area contributed by atoms with Crippen molar-refractivity contribution < 1.29 is 23.5 Å². The fourth-order valence-electron chi connectivity index (χ4n) is 5.98. The quantitative estimate of drug-likeness (QED) is 0.779. The molecule has 2 aromatic rings. The fourth-order valence-corrected chi connectivity index (χ4v) is 5.98. The van der Waals surface area contributed by atoms with Gasteiger partial charge in [0.1, 0.15) is 17.2 Å². The number of aromatic hydroxyl groups is 1. The van der Waals surface area contributed by atoms with Gasteiger partial charge in [0.2, 0.25) is 5.43 Å². The highest BCUT2D eigenvalue weighted by atomic mass is 19.1. The molecule has 0 unspecified atom stereocenters. The third-order valence-corrected chi connectivity index (χ3v) is 7.43. The molecule has 3 heterocycles. The third-order valence-electron chi connectivity index (χ3n) is 7.43. The Morgan fingerprint density at radius 3 is 2.68 bits per heavy atom.